The van der Waals surface area contributed by atoms with Gasteiger partial charge in [-0.2, -0.15) is 0 Å². The van der Waals surface area contributed by atoms with E-state index in [4.69, 9.17) is 16.3 Å². The highest BCUT2D eigenvalue weighted by atomic mass is 35.5. The van der Waals surface area contributed by atoms with Crippen molar-refractivity contribution in [3.8, 4) is 5.75 Å². The van der Waals surface area contributed by atoms with E-state index in [1.54, 1.807) is 54.6 Å². The van der Waals surface area contributed by atoms with Gasteiger partial charge in [0.25, 0.3) is 5.91 Å². The Hall–Kier alpha value is -3.64. The molecule has 1 aliphatic rings. The van der Waals surface area contributed by atoms with Crippen molar-refractivity contribution in [1.82, 2.24) is 4.90 Å². The van der Waals surface area contributed by atoms with Gasteiger partial charge < -0.3 is 10.1 Å². The summed E-state index contributed by atoms with van der Waals surface area (Å²) in [5.41, 5.74) is 2.64. The van der Waals surface area contributed by atoms with Crippen LogP contribution in [0.3, 0.4) is 0 Å². The number of carbonyl (C=O) groups is 3. The number of ether oxygens (including phenoxy) is 1. The van der Waals surface area contributed by atoms with Crippen molar-refractivity contribution in [1.29, 1.82) is 0 Å². The number of para-hydroxylation sites is 1. The van der Waals surface area contributed by atoms with Crippen molar-refractivity contribution in [3.63, 3.8) is 0 Å². The van der Waals surface area contributed by atoms with E-state index in [2.05, 4.69) is 5.32 Å². The molecule has 0 aromatic heterocycles. The zero-order chi connectivity index (χ0) is 22.5. The molecule has 1 saturated heterocycles. The van der Waals surface area contributed by atoms with Crippen LogP contribution in [-0.2, 0) is 22.7 Å². The van der Waals surface area contributed by atoms with Gasteiger partial charge in [0.2, 0.25) is 11.8 Å². The molecule has 0 saturated carbocycles. The van der Waals surface area contributed by atoms with E-state index in [-0.39, 0.29) is 43.7 Å². The second kappa shape index (κ2) is 9.66. The van der Waals surface area contributed by atoms with Gasteiger partial charge in [-0.1, -0.05) is 54.1 Å². The fourth-order valence-corrected chi connectivity index (χ4v) is 3.62. The van der Waals surface area contributed by atoms with Crippen LogP contribution in [0.5, 0.6) is 5.75 Å². The number of rotatable bonds is 7. The molecule has 3 amide bonds. The predicted octanol–water partition coefficient (Wildman–Crippen LogP) is 4.82. The van der Waals surface area contributed by atoms with Crippen molar-refractivity contribution in [2.45, 2.75) is 26.0 Å². The number of benzene rings is 3. The third-order valence-electron chi connectivity index (χ3n) is 5.18. The van der Waals surface area contributed by atoms with Gasteiger partial charge in [-0.05, 0) is 35.9 Å². The lowest BCUT2D eigenvalue weighted by Crippen LogP contribution is -2.28. The standard InChI is InChI=1S/C25H21ClN2O4/c26-21-7-3-1-5-18(21)16-32-22-8-4-2-6-20(22)25(31)27-19-11-9-17(10-12-19)15-28-23(29)13-14-24(28)30/h1-12H,13-16H2,(H,27,31). The van der Waals surface area contributed by atoms with Crippen LogP contribution in [0, 0.1) is 0 Å². The first kappa shape index (κ1) is 21.6. The van der Waals surface area contributed by atoms with Crippen LogP contribution in [0.25, 0.3) is 0 Å². The monoisotopic (exact) mass is 448 g/mol. The SMILES string of the molecule is O=C(Nc1ccc(CN2C(=O)CCC2=O)cc1)c1ccccc1OCc1ccccc1Cl. The van der Waals surface area contributed by atoms with Crippen LogP contribution in [0.2, 0.25) is 5.02 Å². The Morgan fingerprint density at radius 3 is 2.28 bits per heavy atom. The highest BCUT2D eigenvalue weighted by Crippen LogP contribution is 2.23. The Kier molecular flexibility index (Phi) is 6.52. The number of amides is 3. The molecule has 7 heteroatoms. The largest absolute Gasteiger partial charge is 0.488 e. The maximum atomic E-state index is 12.8. The van der Waals surface area contributed by atoms with Crippen molar-refractivity contribution in [3.05, 3.63) is 94.5 Å². The fourth-order valence-electron chi connectivity index (χ4n) is 3.42. The van der Waals surface area contributed by atoms with Crippen LogP contribution < -0.4 is 10.1 Å². The second-order valence-electron chi connectivity index (χ2n) is 7.40. The molecule has 3 aromatic rings. The highest BCUT2D eigenvalue weighted by Gasteiger charge is 2.28. The van der Waals surface area contributed by atoms with E-state index < -0.39 is 0 Å². The first-order valence-corrected chi connectivity index (χ1v) is 10.6. The van der Waals surface area contributed by atoms with Crippen molar-refractivity contribution < 1.29 is 19.1 Å². The summed E-state index contributed by atoms with van der Waals surface area (Å²) in [6.07, 6.45) is 0.538. The molecule has 1 heterocycles. The molecule has 3 aromatic carbocycles. The summed E-state index contributed by atoms with van der Waals surface area (Å²) in [5, 5.41) is 3.46. The average molecular weight is 449 g/mol. The molecular formula is C25H21ClN2O4. The number of carbonyl (C=O) groups excluding carboxylic acids is 3. The van der Waals surface area contributed by atoms with Crippen LogP contribution in [0.15, 0.2) is 72.8 Å². The summed E-state index contributed by atoms with van der Waals surface area (Å²) in [4.78, 5) is 37.7. The van der Waals surface area contributed by atoms with E-state index in [0.29, 0.717) is 22.0 Å². The van der Waals surface area contributed by atoms with Gasteiger partial charge in [0.05, 0.1) is 12.1 Å². The third-order valence-corrected chi connectivity index (χ3v) is 5.55. The molecule has 0 radical (unpaired) electrons. The summed E-state index contributed by atoms with van der Waals surface area (Å²) in [5.74, 6) is -0.161. The lowest BCUT2D eigenvalue weighted by Gasteiger charge is -2.15. The maximum absolute atomic E-state index is 12.8. The fraction of sp³-hybridized carbons (Fsp3) is 0.160. The Bertz CT molecular complexity index is 1140. The minimum absolute atomic E-state index is 0.152. The molecule has 0 bridgehead atoms. The minimum atomic E-state index is -0.308. The average Bonchev–Trinajstić information content (AvgIpc) is 3.12. The zero-order valence-corrected chi connectivity index (χ0v) is 18.0. The molecule has 0 spiro atoms. The summed E-state index contributed by atoms with van der Waals surface area (Å²) in [6.45, 7) is 0.483. The Labute approximate surface area is 190 Å². The van der Waals surface area contributed by atoms with Crippen molar-refractivity contribution in [2.24, 2.45) is 0 Å². The first-order valence-electron chi connectivity index (χ1n) is 10.2. The van der Waals surface area contributed by atoms with E-state index in [9.17, 15) is 14.4 Å². The molecule has 4 rings (SSSR count). The van der Waals surface area contributed by atoms with Gasteiger partial charge in [-0.25, -0.2) is 0 Å². The normalized spacial score (nSPS) is 13.3. The van der Waals surface area contributed by atoms with Gasteiger partial charge in [0.15, 0.2) is 0 Å². The molecule has 32 heavy (non-hydrogen) atoms. The van der Waals surface area contributed by atoms with Crippen molar-refractivity contribution >= 4 is 35.0 Å². The Morgan fingerprint density at radius 1 is 0.906 bits per heavy atom. The summed E-state index contributed by atoms with van der Waals surface area (Å²) in [7, 11) is 0. The Balaban J connectivity index is 1.41. The number of halogens is 1. The summed E-state index contributed by atoms with van der Waals surface area (Å²) in [6, 6.07) is 21.4. The lowest BCUT2D eigenvalue weighted by molar-refractivity contribution is -0.139. The molecule has 1 N–H and O–H groups in total. The van der Waals surface area contributed by atoms with Gasteiger partial charge >= 0.3 is 0 Å². The molecule has 6 nitrogen and oxygen atoms in total. The molecule has 1 fully saturated rings. The van der Waals surface area contributed by atoms with E-state index in [0.717, 1.165) is 11.1 Å². The van der Waals surface area contributed by atoms with E-state index >= 15 is 0 Å². The second-order valence-corrected chi connectivity index (χ2v) is 7.81. The van der Waals surface area contributed by atoms with Crippen LogP contribution in [0.4, 0.5) is 5.69 Å². The number of hydrogen-bond acceptors (Lipinski definition) is 4. The predicted molar refractivity (Wildman–Crippen MR) is 121 cm³/mol. The quantitative estimate of drug-likeness (QED) is 0.526. The van der Waals surface area contributed by atoms with Gasteiger partial charge in [0, 0.05) is 29.1 Å². The topological polar surface area (TPSA) is 75.7 Å². The molecular weight excluding hydrogens is 428 g/mol. The van der Waals surface area contributed by atoms with Gasteiger partial charge in [0.1, 0.15) is 12.4 Å². The van der Waals surface area contributed by atoms with E-state index in [1.807, 2.05) is 18.2 Å². The maximum Gasteiger partial charge on any atom is 0.259 e. The number of imide groups is 1. The summed E-state index contributed by atoms with van der Waals surface area (Å²) >= 11 is 6.18. The van der Waals surface area contributed by atoms with Gasteiger partial charge in [-0.3, -0.25) is 19.3 Å². The minimum Gasteiger partial charge on any atom is -0.488 e. The third kappa shape index (κ3) is 4.98. The number of likely N-dealkylation sites (tertiary alicyclic amines) is 1. The number of nitrogens with zero attached hydrogens (tertiary/aromatic N) is 1. The van der Waals surface area contributed by atoms with Crippen molar-refractivity contribution in [2.75, 3.05) is 5.32 Å². The highest BCUT2D eigenvalue weighted by molar-refractivity contribution is 6.31. The number of anilines is 1. The van der Waals surface area contributed by atoms with Crippen LogP contribution in [-0.4, -0.2) is 22.6 Å². The van der Waals surface area contributed by atoms with Crippen LogP contribution in [0.1, 0.15) is 34.3 Å². The number of nitrogens with one attached hydrogen (secondary N) is 1. The molecule has 162 valence electrons. The molecule has 0 atom stereocenters. The first-order chi connectivity index (χ1) is 15.5. The Morgan fingerprint density at radius 2 is 1.56 bits per heavy atom. The number of hydrogen-bond donors (Lipinski definition) is 1. The van der Waals surface area contributed by atoms with Gasteiger partial charge in [-0.15, -0.1) is 0 Å². The molecule has 1 aliphatic heterocycles. The smallest absolute Gasteiger partial charge is 0.259 e. The molecule has 0 aliphatic carbocycles. The lowest BCUT2D eigenvalue weighted by atomic mass is 10.1. The van der Waals surface area contributed by atoms with E-state index in [1.165, 1.54) is 4.90 Å². The zero-order valence-electron chi connectivity index (χ0n) is 17.2. The summed E-state index contributed by atoms with van der Waals surface area (Å²) < 4.78 is 5.86. The van der Waals surface area contributed by atoms with Crippen LogP contribution >= 0.6 is 11.6 Å². The molecule has 0 unspecified atom stereocenters.